The van der Waals surface area contributed by atoms with Gasteiger partial charge in [0.2, 0.25) is 0 Å². The third-order valence-electron chi connectivity index (χ3n) is 7.30. The first-order valence-electron chi connectivity index (χ1n) is 10.7. The van der Waals surface area contributed by atoms with Crippen molar-refractivity contribution in [2.45, 2.75) is 44.1 Å². The molecule has 0 atom stereocenters. The molecule has 4 bridgehead atoms. The van der Waals surface area contributed by atoms with Gasteiger partial charge in [0.25, 0.3) is 5.91 Å². The average Bonchev–Trinajstić information content (AvgIpc) is 3.06. The van der Waals surface area contributed by atoms with Gasteiger partial charge in [0.05, 0.1) is 5.52 Å². The molecule has 4 fully saturated rings. The molecule has 0 saturated heterocycles. The Kier molecular flexibility index (Phi) is 4.20. The first kappa shape index (κ1) is 18.7. The van der Waals surface area contributed by atoms with Crippen molar-refractivity contribution < 1.29 is 4.79 Å². The number of pyridine rings is 1. The third-order valence-corrected chi connectivity index (χ3v) is 7.74. The molecule has 2 aromatic heterocycles. The molecule has 0 aliphatic heterocycles. The topological polar surface area (TPSA) is 46.4 Å². The van der Waals surface area contributed by atoms with Gasteiger partial charge in [-0.05, 0) is 86.6 Å². The summed E-state index contributed by atoms with van der Waals surface area (Å²) in [5.74, 6) is 2.93. The second kappa shape index (κ2) is 6.73. The first-order chi connectivity index (χ1) is 14.5. The van der Waals surface area contributed by atoms with Gasteiger partial charge in [-0.2, -0.15) is 0 Å². The van der Waals surface area contributed by atoms with Gasteiger partial charge in [0.1, 0.15) is 5.82 Å². The van der Waals surface area contributed by atoms with Crippen molar-refractivity contribution in [2.75, 3.05) is 0 Å². The number of nitrogens with zero attached hydrogens (tertiary/aromatic N) is 2. The number of fused-ring (bicyclic) bond motifs is 1. The minimum Gasteiger partial charge on any atom is -0.345 e. The van der Waals surface area contributed by atoms with Crippen molar-refractivity contribution in [3.8, 4) is 11.4 Å². The van der Waals surface area contributed by atoms with Crippen molar-refractivity contribution in [3.05, 3.63) is 58.3 Å². The molecule has 4 aliphatic carbocycles. The zero-order valence-electron chi connectivity index (χ0n) is 16.6. The maximum atomic E-state index is 13.5. The van der Waals surface area contributed by atoms with E-state index in [1.54, 1.807) is 6.07 Å². The summed E-state index contributed by atoms with van der Waals surface area (Å²) in [6.45, 7) is 0. The SMILES string of the molecule is O=C(NC12CC3CC(CC(C3)C1)C2)c1nc(-c2cc(Cl)cc(Cl)c2)n2ccccc12. The summed E-state index contributed by atoms with van der Waals surface area (Å²) in [6, 6.07) is 11.2. The second-order valence-electron chi connectivity index (χ2n) is 9.55. The van der Waals surface area contributed by atoms with E-state index >= 15 is 0 Å². The molecule has 4 saturated carbocycles. The molecule has 30 heavy (non-hydrogen) atoms. The van der Waals surface area contributed by atoms with E-state index in [1.165, 1.54) is 19.3 Å². The summed E-state index contributed by atoms with van der Waals surface area (Å²) in [5, 5.41) is 4.55. The molecule has 6 heteroatoms. The van der Waals surface area contributed by atoms with Crippen molar-refractivity contribution >= 4 is 34.6 Å². The smallest absolute Gasteiger partial charge is 0.272 e. The van der Waals surface area contributed by atoms with E-state index < -0.39 is 0 Å². The van der Waals surface area contributed by atoms with E-state index in [9.17, 15) is 4.79 Å². The number of hydrogen-bond donors (Lipinski definition) is 1. The quantitative estimate of drug-likeness (QED) is 0.543. The van der Waals surface area contributed by atoms with Crippen LogP contribution < -0.4 is 5.32 Å². The van der Waals surface area contributed by atoms with Crippen molar-refractivity contribution in [1.29, 1.82) is 0 Å². The molecule has 0 radical (unpaired) electrons. The molecule has 0 unspecified atom stereocenters. The zero-order valence-corrected chi connectivity index (χ0v) is 18.1. The lowest BCUT2D eigenvalue weighted by atomic mass is 9.53. The normalized spacial score (nSPS) is 29.5. The number of aromatic nitrogens is 2. The molecule has 7 rings (SSSR count). The standard InChI is InChI=1S/C24H23Cl2N3O/c25-18-8-17(9-19(26)10-18)22-27-21(20-3-1-2-4-29(20)22)23(30)28-24-11-14-5-15(12-24)7-16(6-14)13-24/h1-4,8-10,14-16H,5-7,11-13H2,(H,28,30). The van der Waals surface area contributed by atoms with E-state index in [1.807, 2.05) is 40.9 Å². The lowest BCUT2D eigenvalue weighted by Gasteiger charge is -2.56. The Hall–Kier alpha value is -2.04. The van der Waals surface area contributed by atoms with Crippen molar-refractivity contribution in [3.63, 3.8) is 0 Å². The molecule has 154 valence electrons. The maximum Gasteiger partial charge on any atom is 0.272 e. The van der Waals surface area contributed by atoms with Crippen molar-refractivity contribution in [2.24, 2.45) is 17.8 Å². The largest absolute Gasteiger partial charge is 0.345 e. The van der Waals surface area contributed by atoms with Crippen LogP contribution in [-0.2, 0) is 0 Å². The van der Waals surface area contributed by atoms with E-state index in [0.29, 0.717) is 21.6 Å². The number of carbonyl (C=O) groups is 1. The Balaban J connectivity index is 1.39. The molecule has 1 aromatic carbocycles. The fourth-order valence-corrected chi connectivity index (χ4v) is 7.18. The Morgan fingerprint density at radius 3 is 2.27 bits per heavy atom. The van der Waals surface area contributed by atoms with Gasteiger partial charge in [0.15, 0.2) is 5.69 Å². The highest BCUT2D eigenvalue weighted by Crippen LogP contribution is 2.55. The van der Waals surface area contributed by atoms with Gasteiger partial charge in [-0.1, -0.05) is 29.3 Å². The first-order valence-corrected chi connectivity index (χ1v) is 11.5. The Labute approximate surface area is 185 Å². The summed E-state index contributed by atoms with van der Waals surface area (Å²) in [4.78, 5) is 18.3. The fourth-order valence-electron chi connectivity index (χ4n) is 6.66. The third kappa shape index (κ3) is 3.04. The molecule has 1 N–H and O–H groups in total. The number of hydrogen-bond acceptors (Lipinski definition) is 2. The van der Waals surface area contributed by atoms with Gasteiger partial charge >= 0.3 is 0 Å². The molecular weight excluding hydrogens is 417 g/mol. The van der Waals surface area contributed by atoms with E-state index in [0.717, 1.165) is 48.1 Å². The van der Waals surface area contributed by atoms with E-state index in [4.69, 9.17) is 28.2 Å². The molecule has 3 aromatic rings. The Bertz CT molecular complexity index is 1110. The fraction of sp³-hybridized carbons (Fsp3) is 0.417. The predicted molar refractivity (Wildman–Crippen MR) is 119 cm³/mol. The van der Waals surface area contributed by atoms with Crippen LogP contribution in [0.3, 0.4) is 0 Å². The number of nitrogens with one attached hydrogen (secondary N) is 1. The Morgan fingerprint density at radius 2 is 1.63 bits per heavy atom. The predicted octanol–water partition coefficient (Wildman–Crippen LogP) is 6.01. The zero-order chi connectivity index (χ0) is 20.5. The summed E-state index contributed by atoms with van der Waals surface area (Å²) in [7, 11) is 0. The minimum atomic E-state index is -0.0694. The second-order valence-corrected chi connectivity index (χ2v) is 10.4. The van der Waals surface area contributed by atoms with Crippen LogP contribution in [0.25, 0.3) is 16.9 Å². The van der Waals surface area contributed by atoms with Crippen LogP contribution in [0.5, 0.6) is 0 Å². The van der Waals surface area contributed by atoms with Crippen LogP contribution in [0.15, 0.2) is 42.6 Å². The van der Waals surface area contributed by atoms with E-state index in [-0.39, 0.29) is 11.4 Å². The number of benzene rings is 1. The highest BCUT2D eigenvalue weighted by Gasteiger charge is 2.51. The average molecular weight is 440 g/mol. The molecule has 2 heterocycles. The van der Waals surface area contributed by atoms with Gasteiger partial charge in [-0.3, -0.25) is 9.20 Å². The number of amides is 1. The summed E-state index contributed by atoms with van der Waals surface area (Å²) < 4.78 is 1.94. The number of halogens is 2. The van der Waals surface area contributed by atoms with Crippen LogP contribution in [0, 0.1) is 17.8 Å². The van der Waals surface area contributed by atoms with Gasteiger partial charge in [-0.15, -0.1) is 0 Å². The van der Waals surface area contributed by atoms with Crippen LogP contribution in [0.2, 0.25) is 10.0 Å². The summed E-state index contributed by atoms with van der Waals surface area (Å²) in [6.07, 6.45) is 9.33. The molecular formula is C24H23Cl2N3O. The summed E-state index contributed by atoms with van der Waals surface area (Å²) >= 11 is 12.4. The summed E-state index contributed by atoms with van der Waals surface area (Å²) in [5.41, 5.74) is 2.02. The molecule has 4 nitrogen and oxygen atoms in total. The highest BCUT2D eigenvalue weighted by molar-refractivity contribution is 6.35. The van der Waals surface area contributed by atoms with Crippen molar-refractivity contribution in [1.82, 2.24) is 14.7 Å². The van der Waals surface area contributed by atoms with Crippen LogP contribution in [0.4, 0.5) is 0 Å². The van der Waals surface area contributed by atoms with E-state index in [2.05, 4.69) is 5.32 Å². The molecule has 1 amide bonds. The van der Waals surface area contributed by atoms with Gasteiger partial charge in [-0.25, -0.2) is 4.98 Å². The molecule has 0 spiro atoms. The molecule has 4 aliphatic rings. The minimum absolute atomic E-state index is 0.0456. The van der Waals surface area contributed by atoms with Gasteiger partial charge in [0, 0.05) is 27.3 Å². The maximum absolute atomic E-state index is 13.5. The number of rotatable bonds is 3. The Morgan fingerprint density at radius 1 is 1.00 bits per heavy atom. The van der Waals surface area contributed by atoms with Crippen LogP contribution in [0.1, 0.15) is 49.0 Å². The lowest BCUT2D eigenvalue weighted by molar-refractivity contribution is -0.0167. The number of imidazole rings is 1. The highest BCUT2D eigenvalue weighted by atomic mass is 35.5. The number of carbonyl (C=O) groups excluding carboxylic acids is 1. The van der Waals surface area contributed by atoms with Gasteiger partial charge < -0.3 is 5.32 Å². The van der Waals surface area contributed by atoms with Crippen LogP contribution in [-0.4, -0.2) is 20.8 Å². The van der Waals surface area contributed by atoms with Crippen LogP contribution >= 0.6 is 23.2 Å². The monoisotopic (exact) mass is 439 g/mol. The lowest BCUT2D eigenvalue weighted by Crippen LogP contribution is -2.59.